The number of amidine groups is 2. The Labute approximate surface area is 260 Å². The smallest absolute Gasteiger partial charge is 0.272 e. The quantitative estimate of drug-likeness (QED) is 0.0711. The molecular weight excluding hydrogens is 556 g/mol. The van der Waals surface area contributed by atoms with Crippen LogP contribution in [0.15, 0.2) is 48.8 Å². The first-order chi connectivity index (χ1) is 20.9. The molecule has 12 nitrogen and oxygen atoms in total. The Morgan fingerprint density at radius 3 is 1.36 bits per heavy atom. The molecule has 0 unspecified atom stereocenters. The molecular formula is C32H48N10O2. The lowest BCUT2D eigenvalue weighted by Gasteiger charge is -2.12. The van der Waals surface area contributed by atoms with Crippen molar-refractivity contribution in [1.82, 2.24) is 9.13 Å². The highest BCUT2D eigenvalue weighted by Gasteiger charge is 2.17. The number of hydrogen-bond acceptors (Lipinski definition) is 6. The summed E-state index contributed by atoms with van der Waals surface area (Å²) in [4.78, 5) is 26.5. The normalized spacial score (nSPS) is 11.0. The minimum absolute atomic E-state index is 0.109. The van der Waals surface area contributed by atoms with E-state index in [1.165, 1.54) is 0 Å². The molecule has 2 aromatic heterocycles. The van der Waals surface area contributed by atoms with Gasteiger partial charge in [-0.05, 0) is 61.1 Å². The summed E-state index contributed by atoms with van der Waals surface area (Å²) >= 11 is 0. The van der Waals surface area contributed by atoms with E-state index in [1.807, 2.05) is 33.7 Å². The molecule has 0 atom stereocenters. The van der Waals surface area contributed by atoms with Crippen LogP contribution in [0, 0.1) is 22.7 Å². The number of nitrogens with two attached hydrogens (primary N) is 2. The summed E-state index contributed by atoms with van der Waals surface area (Å²) in [5, 5.41) is 27.2. The van der Waals surface area contributed by atoms with Gasteiger partial charge in [-0.3, -0.25) is 20.4 Å². The molecule has 3 aromatic rings. The fourth-order valence-corrected chi connectivity index (χ4v) is 4.47. The first kappa shape index (κ1) is 33.8. The molecule has 0 radical (unpaired) electrons. The van der Waals surface area contributed by atoms with E-state index in [9.17, 15) is 9.59 Å². The lowest BCUT2D eigenvalue weighted by molar-refractivity contribution is 0.100. The predicted octanol–water partition coefficient (Wildman–Crippen LogP) is 5.36. The van der Waals surface area contributed by atoms with Crippen LogP contribution in [-0.2, 0) is 13.1 Å². The maximum absolute atomic E-state index is 13.3. The summed E-state index contributed by atoms with van der Waals surface area (Å²) in [5.41, 5.74) is 14.8. The van der Waals surface area contributed by atoms with Crippen LogP contribution in [-0.4, -0.2) is 45.7 Å². The Morgan fingerprint density at radius 1 is 0.682 bits per heavy atom. The van der Waals surface area contributed by atoms with Gasteiger partial charge in [0.1, 0.15) is 11.4 Å². The Hall–Kier alpha value is -4.74. The SMILES string of the molecule is CC(C)CCn1cc(NCCC(=N)N)cc1C(=O)Nc1ccc(NC(=O)c2cc(NCCC(=N)N)cn2CCC(C)C)cc1. The van der Waals surface area contributed by atoms with Gasteiger partial charge in [-0.1, -0.05) is 27.7 Å². The van der Waals surface area contributed by atoms with E-state index in [-0.39, 0.29) is 23.5 Å². The summed E-state index contributed by atoms with van der Waals surface area (Å²) in [6.45, 7) is 11.0. The molecule has 12 heteroatoms. The Morgan fingerprint density at radius 2 is 1.05 bits per heavy atom. The van der Waals surface area contributed by atoms with E-state index in [2.05, 4.69) is 49.0 Å². The van der Waals surface area contributed by atoms with E-state index in [0.717, 1.165) is 24.2 Å². The third-order valence-electron chi connectivity index (χ3n) is 7.00. The Balaban J connectivity index is 1.68. The number of nitrogens with one attached hydrogen (secondary N) is 6. The largest absolute Gasteiger partial charge is 0.388 e. The number of carbonyl (C=O) groups excluding carboxylic acids is 2. The Bertz CT molecular complexity index is 1310. The third kappa shape index (κ3) is 10.8. The monoisotopic (exact) mass is 604 g/mol. The molecule has 0 aliphatic heterocycles. The molecule has 10 N–H and O–H groups in total. The first-order valence-electron chi connectivity index (χ1n) is 15.2. The number of hydrogen-bond donors (Lipinski definition) is 8. The van der Waals surface area contributed by atoms with Crippen molar-refractivity contribution in [1.29, 1.82) is 10.8 Å². The van der Waals surface area contributed by atoms with Crippen molar-refractivity contribution in [3.05, 3.63) is 60.2 Å². The number of amides is 2. The van der Waals surface area contributed by atoms with Gasteiger partial charge in [0.05, 0.1) is 23.0 Å². The van der Waals surface area contributed by atoms with Gasteiger partial charge in [0.15, 0.2) is 0 Å². The van der Waals surface area contributed by atoms with Crippen LogP contribution in [0.5, 0.6) is 0 Å². The standard InChI is InChI=1S/C32H48N10O2/c1-21(2)11-15-41-19-25(37-13-9-29(33)34)17-27(41)31(43)39-23-5-7-24(8-6-23)40-32(44)28-18-26(38-14-10-30(35)36)20-42(28)16-12-22(3)4/h5-8,17-22,37-38H,9-16H2,1-4H3,(H3,33,34)(H3,35,36)(H,39,43)(H,40,44). The molecule has 2 heterocycles. The molecule has 238 valence electrons. The highest BCUT2D eigenvalue weighted by atomic mass is 16.2. The minimum atomic E-state index is -0.238. The van der Waals surface area contributed by atoms with Crippen LogP contribution in [0.3, 0.4) is 0 Å². The molecule has 0 spiro atoms. The van der Waals surface area contributed by atoms with Crippen LogP contribution >= 0.6 is 0 Å². The van der Waals surface area contributed by atoms with Crippen molar-refractivity contribution in [2.24, 2.45) is 23.3 Å². The number of anilines is 4. The average Bonchev–Trinajstić information content (AvgIpc) is 3.55. The molecule has 44 heavy (non-hydrogen) atoms. The van der Waals surface area contributed by atoms with Gasteiger partial charge in [0, 0.05) is 62.8 Å². The lowest BCUT2D eigenvalue weighted by Crippen LogP contribution is -2.18. The highest BCUT2D eigenvalue weighted by molar-refractivity contribution is 6.05. The summed E-state index contributed by atoms with van der Waals surface area (Å²) in [7, 11) is 0. The van der Waals surface area contributed by atoms with Crippen molar-refractivity contribution in [2.75, 3.05) is 34.4 Å². The third-order valence-corrected chi connectivity index (χ3v) is 7.00. The van der Waals surface area contributed by atoms with Crippen LogP contribution in [0.25, 0.3) is 0 Å². The van der Waals surface area contributed by atoms with Crippen LogP contribution in [0.2, 0.25) is 0 Å². The van der Waals surface area contributed by atoms with Gasteiger partial charge in [0.2, 0.25) is 0 Å². The Kier molecular flexibility index (Phi) is 12.4. The number of aryl methyl sites for hydroxylation is 2. The zero-order valence-electron chi connectivity index (χ0n) is 26.3. The van der Waals surface area contributed by atoms with Crippen molar-refractivity contribution < 1.29 is 9.59 Å². The number of rotatable bonds is 18. The van der Waals surface area contributed by atoms with E-state index >= 15 is 0 Å². The second kappa shape index (κ2) is 16.2. The number of nitrogens with zero attached hydrogens (tertiary/aromatic N) is 2. The number of carbonyl (C=O) groups is 2. The highest BCUT2D eigenvalue weighted by Crippen LogP contribution is 2.21. The molecule has 0 saturated heterocycles. The number of aromatic nitrogens is 2. The van der Waals surface area contributed by atoms with E-state index in [4.69, 9.17) is 22.3 Å². The van der Waals surface area contributed by atoms with Gasteiger partial charge in [-0.15, -0.1) is 0 Å². The summed E-state index contributed by atoms with van der Waals surface area (Å²) in [6, 6.07) is 10.6. The molecule has 1 aromatic carbocycles. The summed E-state index contributed by atoms with van der Waals surface area (Å²) in [5.74, 6) is 0.709. The van der Waals surface area contributed by atoms with Crippen molar-refractivity contribution in [3.8, 4) is 0 Å². The molecule has 0 aliphatic rings. The molecule has 0 fully saturated rings. The topological polar surface area (TPSA) is 192 Å². The minimum Gasteiger partial charge on any atom is -0.388 e. The van der Waals surface area contributed by atoms with E-state index in [0.29, 0.717) is 73.6 Å². The first-order valence-corrected chi connectivity index (χ1v) is 15.2. The number of benzene rings is 1. The van der Waals surface area contributed by atoms with E-state index < -0.39 is 0 Å². The van der Waals surface area contributed by atoms with Crippen molar-refractivity contribution in [3.63, 3.8) is 0 Å². The zero-order valence-corrected chi connectivity index (χ0v) is 26.3. The fraction of sp³-hybridized carbons (Fsp3) is 0.438. The summed E-state index contributed by atoms with van der Waals surface area (Å²) < 4.78 is 3.88. The molecule has 0 bridgehead atoms. The second-order valence-corrected chi connectivity index (χ2v) is 11.9. The summed E-state index contributed by atoms with van der Waals surface area (Å²) in [6.07, 6.45) is 6.52. The van der Waals surface area contributed by atoms with Gasteiger partial charge in [-0.25, -0.2) is 0 Å². The van der Waals surface area contributed by atoms with Crippen LogP contribution in [0.1, 0.15) is 74.4 Å². The fourth-order valence-electron chi connectivity index (χ4n) is 4.47. The lowest BCUT2D eigenvalue weighted by atomic mass is 10.1. The van der Waals surface area contributed by atoms with Crippen molar-refractivity contribution >= 4 is 46.2 Å². The van der Waals surface area contributed by atoms with Crippen LogP contribution < -0.4 is 32.7 Å². The van der Waals surface area contributed by atoms with Gasteiger partial charge in [-0.2, -0.15) is 0 Å². The van der Waals surface area contributed by atoms with Crippen molar-refractivity contribution in [2.45, 2.75) is 66.5 Å². The van der Waals surface area contributed by atoms with Crippen LogP contribution in [0.4, 0.5) is 22.7 Å². The van der Waals surface area contributed by atoms with Gasteiger partial charge >= 0.3 is 0 Å². The molecule has 2 amide bonds. The molecule has 0 saturated carbocycles. The van der Waals surface area contributed by atoms with E-state index in [1.54, 1.807) is 24.3 Å². The predicted molar refractivity (Wildman–Crippen MR) is 180 cm³/mol. The molecule has 3 rings (SSSR count). The maximum Gasteiger partial charge on any atom is 0.272 e. The maximum atomic E-state index is 13.3. The van der Waals surface area contributed by atoms with Gasteiger partial charge < -0.3 is 41.9 Å². The van der Waals surface area contributed by atoms with Gasteiger partial charge in [0.25, 0.3) is 11.8 Å². The average molecular weight is 605 g/mol. The zero-order chi connectivity index (χ0) is 32.2. The molecule has 0 aliphatic carbocycles. The second-order valence-electron chi connectivity index (χ2n) is 11.9.